The lowest BCUT2D eigenvalue weighted by molar-refractivity contribution is 0.407. The van der Waals surface area contributed by atoms with Crippen LogP contribution in [0.2, 0.25) is 0 Å². The van der Waals surface area contributed by atoms with Crippen LogP contribution >= 0.6 is 0 Å². The zero-order chi connectivity index (χ0) is 12.7. The smallest absolute Gasteiger partial charge is 0.0203 e. The zero-order valence-corrected chi connectivity index (χ0v) is 12.6. The molecule has 0 aromatic carbocycles. The maximum Gasteiger partial charge on any atom is -0.0203 e. The normalized spacial score (nSPS) is 18.9. The van der Waals surface area contributed by atoms with Gasteiger partial charge in [0.1, 0.15) is 0 Å². The van der Waals surface area contributed by atoms with Crippen LogP contribution in [-0.4, -0.2) is 0 Å². The molecule has 0 aliphatic carbocycles. The molecule has 3 atom stereocenters. The molecule has 0 aromatic rings. The summed E-state index contributed by atoms with van der Waals surface area (Å²) in [4.78, 5) is 0. The predicted molar refractivity (Wildman–Crippen MR) is 75.7 cm³/mol. The summed E-state index contributed by atoms with van der Waals surface area (Å²) in [6.45, 7) is 16.4. The van der Waals surface area contributed by atoms with E-state index in [2.05, 4.69) is 48.5 Å². The van der Waals surface area contributed by atoms with Crippen molar-refractivity contribution in [2.24, 2.45) is 17.8 Å². The zero-order valence-electron chi connectivity index (χ0n) is 12.6. The Morgan fingerprint density at radius 3 is 1.75 bits per heavy atom. The molecule has 0 heterocycles. The van der Waals surface area contributed by atoms with Crippen molar-refractivity contribution in [2.75, 3.05) is 0 Å². The van der Waals surface area contributed by atoms with E-state index in [0.29, 0.717) is 0 Å². The summed E-state index contributed by atoms with van der Waals surface area (Å²) >= 11 is 0. The van der Waals surface area contributed by atoms with Crippen molar-refractivity contribution in [1.82, 2.24) is 0 Å². The molecule has 16 heavy (non-hydrogen) atoms. The van der Waals surface area contributed by atoms with Crippen LogP contribution in [0.3, 0.4) is 0 Å². The standard InChI is InChI=1S/C16H32/c1-8-12(4)11-16(10-3)15(7)14(6)13(5)9-2/h12-13,16H,8-11H2,1-7H3. The summed E-state index contributed by atoms with van der Waals surface area (Å²) in [5.74, 6) is 2.43. The van der Waals surface area contributed by atoms with Gasteiger partial charge in [-0.1, -0.05) is 52.2 Å². The van der Waals surface area contributed by atoms with Crippen LogP contribution in [0.4, 0.5) is 0 Å². The third-order valence-electron chi connectivity index (χ3n) is 4.46. The van der Waals surface area contributed by atoms with Gasteiger partial charge in [0, 0.05) is 0 Å². The summed E-state index contributed by atoms with van der Waals surface area (Å²) in [7, 11) is 0. The van der Waals surface area contributed by atoms with Gasteiger partial charge in [-0.2, -0.15) is 0 Å². The Morgan fingerprint density at radius 2 is 1.38 bits per heavy atom. The second-order valence-electron chi connectivity index (χ2n) is 5.53. The number of rotatable bonds is 7. The van der Waals surface area contributed by atoms with Gasteiger partial charge in [-0.3, -0.25) is 0 Å². The average Bonchev–Trinajstić information content (AvgIpc) is 2.32. The van der Waals surface area contributed by atoms with E-state index in [1.54, 1.807) is 11.1 Å². The monoisotopic (exact) mass is 224 g/mol. The minimum absolute atomic E-state index is 0.756. The largest absolute Gasteiger partial charge is 0.0713 e. The van der Waals surface area contributed by atoms with E-state index in [9.17, 15) is 0 Å². The van der Waals surface area contributed by atoms with E-state index in [1.807, 2.05) is 0 Å². The summed E-state index contributed by atoms with van der Waals surface area (Å²) in [5, 5.41) is 0. The molecule has 3 unspecified atom stereocenters. The topological polar surface area (TPSA) is 0 Å². The second kappa shape index (κ2) is 7.92. The molecule has 96 valence electrons. The van der Waals surface area contributed by atoms with E-state index >= 15 is 0 Å². The van der Waals surface area contributed by atoms with Crippen LogP contribution in [0.25, 0.3) is 0 Å². The van der Waals surface area contributed by atoms with Crippen molar-refractivity contribution in [3.05, 3.63) is 11.1 Å². The van der Waals surface area contributed by atoms with Crippen LogP contribution in [0.1, 0.15) is 74.1 Å². The van der Waals surface area contributed by atoms with Gasteiger partial charge in [0.05, 0.1) is 0 Å². The Labute approximate surface area is 104 Å². The third kappa shape index (κ3) is 4.72. The van der Waals surface area contributed by atoms with Gasteiger partial charge in [-0.15, -0.1) is 0 Å². The molecule has 0 spiro atoms. The van der Waals surface area contributed by atoms with Crippen LogP contribution in [0.15, 0.2) is 11.1 Å². The van der Waals surface area contributed by atoms with Crippen molar-refractivity contribution in [3.8, 4) is 0 Å². The summed E-state index contributed by atoms with van der Waals surface area (Å²) in [6, 6.07) is 0. The lowest BCUT2D eigenvalue weighted by atomic mass is 9.82. The molecule has 0 radical (unpaired) electrons. The molecular weight excluding hydrogens is 192 g/mol. The Bertz CT molecular complexity index is 212. The van der Waals surface area contributed by atoms with E-state index < -0.39 is 0 Å². The third-order valence-corrected chi connectivity index (χ3v) is 4.46. The fraction of sp³-hybridized carbons (Fsp3) is 0.875. The molecular formula is C16H32. The minimum atomic E-state index is 0.756. The van der Waals surface area contributed by atoms with E-state index in [0.717, 1.165) is 17.8 Å². The Balaban J connectivity index is 4.68. The van der Waals surface area contributed by atoms with Gasteiger partial charge in [-0.25, -0.2) is 0 Å². The van der Waals surface area contributed by atoms with Crippen molar-refractivity contribution in [1.29, 1.82) is 0 Å². The van der Waals surface area contributed by atoms with Crippen molar-refractivity contribution < 1.29 is 0 Å². The summed E-state index contributed by atoms with van der Waals surface area (Å²) < 4.78 is 0. The summed E-state index contributed by atoms with van der Waals surface area (Å²) in [6.07, 6.45) is 5.24. The first-order valence-electron chi connectivity index (χ1n) is 7.14. The predicted octanol–water partition coefficient (Wildman–Crippen LogP) is 5.83. The molecule has 0 amide bonds. The molecule has 0 saturated heterocycles. The Kier molecular flexibility index (Phi) is 7.80. The van der Waals surface area contributed by atoms with Crippen LogP contribution < -0.4 is 0 Å². The van der Waals surface area contributed by atoms with Crippen molar-refractivity contribution >= 4 is 0 Å². The first kappa shape index (κ1) is 15.7. The molecule has 0 aliphatic heterocycles. The molecule has 0 aromatic heterocycles. The molecule has 0 N–H and O–H groups in total. The molecule has 0 fully saturated rings. The van der Waals surface area contributed by atoms with Gasteiger partial charge in [-0.05, 0) is 50.9 Å². The lowest BCUT2D eigenvalue weighted by Gasteiger charge is -2.24. The molecule has 0 aliphatic rings. The maximum absolute atomic E-state index is 2.38. The molecule has 0 rings (SSSR count). The molecule has 0 bridgehead atoms. The SMILES string of the molecule is CCC(C)CC(CC)C(C)=C(C)C(C)CC. The van der Waals surface area contributed by atoms with Crippen LogP contribution in [0, 0.1) is 17.8 Å². The van der Waals surface area contributed by atoms with Gasteiger partial charge in [0.15, 0.2) is 0 Å². The van der Waals surface area contributed by atoms with Crippen LogP contribution in [0.5, 0.6) is 0 Å². The van der Waals surface area contributed by atoms with Crippen molar-refractivity contribution in [3.63, 3.8) is 0 Å². The summed E-state index contributed by atoms with van der Waals surface area (Å²) in [5.41, 5.74) is 3.30. The highest BCUT2D eigenvalue weighted by Crippen LogP contribution is 2.30. The van der Waals surface area contributed by atoms with Crippen LogP contribution in [-0.2, 0) is 0 Å². The fourth-order valence-electron chi connectivity index (χ4n) is 2.32. The van der Waals surface area contributed by atoms with E-state index in [-0.39, 0.29) is 0 Å². The van der Waals surface area contributed by atoms with Gasteiger partial charge in [0.2, 0.25) is 0 Å². The number of hydrogen-bond acceptors (Lipinski definition) is 0. The average molecular weight is 224 g/mol. The molecule has 0 nitrogen and oxygen atoms in total. The number of allylic oxidation sites excluding steroid dienone is 2. The quantitative estimate of drug-likeness (QED) is 0.477. The minimum Gasteiger partial charge on any atom is -0.0713 e. The van der Waals surface area contributed by atoms with Gasteiger partial charge in [0.25, 0.3) is 0 Å². The first-order valence-corrected chi connectivity index (χ1v) is 7.14. The van der Waals surface area contributed by atoms with Gasteiger partial charge < -0.3 is 0 Å². The Morgan fingerprint density at radius 1 is 0.812 bits per heavy atom. The Hall–Kier alpha value is -0.260. The van der Waals surface area contributed by atoms with Crippen molar-refractivity contribution in [2.45, 2.75) is 74.1 Å². The highest BCUT2D eigenvalue weighted by atomic mass is 14.2. The molecule has 0 heteroatoms. The van der Waals surface area contributed by atoms with Gasteiger partial charge >= 0.3 is 0 Å². The molecule has 0 saturated carbocycles. The highest BCUT2D eigenvalue weighted by Gasteiger charge is 2.15. The fourth-order valence-corrected chi connectivity index (χ4v) is 2.32. The maximum atomic E-state index is 2.38. The highest BCUT2D eigenvalue weighted by molar-refractivity contribution is 5.15. The number of hydrogen-bond donors (Lipinski definition) is 0. The first-order chi connectivity index (χ1) is 7.47. The lowest BCUT2D eigenvalue weighted by Crippen LogP contribution is -2.10. The van der Waals surface area contributed by atoms with E-state index in [1.165, 1.54) is 25.7 Å². The van der Waals surface area contributed by atoms with E-state index in [4.69, 9.17) is 0 Å². The second-order valence-corrected chi connectivity index (χ2v) is 5.53.